The second-order valence-corrected chi connectivity index (χ2v) is 53.3. The lowest BCUT2D eigenvalue weighted by Crippen LogP contribution is -2.49. The van der Waals surface area contributed by atoms with E-state index in [9.17, 15) is 0 Å². The van der Waals surface area contributed by atoms with Crippen LogP contribution in [0.15, 0.2) is 107 Å². The van der Waals surface area contributed by atoms with Crippen LogP contribution in [-0.2, 0) is 40.8 Å². The van der Waals surface area contributed by atoms with E-state index in [0.717, 1.165) is 160 Å². The first-order valence-electron chi connectivity index (χ1n) is 56.2. The summed E-state index contributed by atoms with van der Waals surface area (Å²) in [4.78, 5) is 91.6. The molecule has 0 bridgehead atoms. The molecule has 4 unspecified atom stereocenters. The highest BCUT2D eigenvalue weighted by molar-refractivity contribution is 7.27. The third-order valence-electron chi connectivity index (χ3n) is 33.0. The van der Waals surface area contributed by atoms with Crippen LogP contribution in [0.1, 0.15) is 486 Å². The number of thiophene rings is 7. The van der Waals surface area contributed by atoms with Gasteiger partial charge in [0.15, 0.2) is 0 Å². The first kappa shape index (κ1) is 114. The fourth-order valence-corrected chi connectivity index (χ4v) is 30.0. The molecule has 11 heterocycles. The van der Waals surface area contributed by atoms with Gasteiger partial charge in [0.2, 0.25) is 0 Å². The van der Waals surface area contributed by atoms with Crippen LogP contribution in [0.3, 0.4) is 0 Å². The van der Waals surface area contributed by atoms with Crippen molar-refractivity contribution in [2.75, 3.05) is 26.2 Å². The Morgan fingerprint density at radius 1 is 0.209 bits per heavy atom. The average molecular weight is 2030 g/mol. The van der Waals surface area contributed by atoms with Gasteiger partial charge in [-0.3, -0.25) is 19.2 Å². The molecule has 4 amide bonds. The summed E-state index contributed by atoms with van der Waals surface area (Å²) in [5.41, 5.74) is 17.2. The molecule has 0 fully saturated rings. The van der Waals surface area contributed by atoms with Crippen LogP contribution in [0.2, 0.25) is 0 Å². The van der Waals surface area contributed by atoms with Crippen molar-refractivity contribution < 1.29 is 19.2 Å². The van der Waals surface area contributed by atoms with Gasteiger partial charge in [0, 0.05) is 108 Å². The molecule has 10 nitrogen and oxygen atoms in total. The number of rotatable bonds is 70. The molecule has 139 heavy (non-hydrogen) atoms. The van der Waals surface area contributed by atoms with Crippen LogP contribution in [0.5, 0.6) is 0 Å². The number of carbonyl (C=O) groups excluding carboxylic acids is 4. The predicted octanol–water partition coefficient (Wildman–Crippen LogP) is 37.4. The topological polar surface area (TPSA) is 133 Å². The Morgan fingerprint density at radius 2 is 0.360 bits per heavy atom. The van der Waals surface area contributed by atoms with Crippen molar-refractivity contribution in [2.24, 2.45) is 35.1 Å². The zero-order valence-corrected chi connectivity index (χ0v) is 96.3. The van der Waals surface area contributed by atoms with E-state index in [1.807, 2.05) is 34.0 Å². The molecular formula is C122H186N6O4S7. The molecule has 0 saturated heterocycles. The lowest BCUT2D eigenvalue weighted by molar-refractivity contribution is -0.124. The maximum Gasteiger partial charge on any atom is 0.261 e. The Balaban J connectivity index is 1.01. The molecule has 11 rings (SSSR count). The van der Waals surface area contributed by atoms with Crippen molar-refractivity contribution in [1.29, 1.82) is 0 Å². The van der Waals surface area contributed by atoms with E-state index in [2.05, 4.69) is 243 Å². The number of nitrogens with zero attached hydrogens (tertiary/aromatic N) is 4. The molecule has 4 N–H and O–H groups in total. The van der Waals surface area contributed by atoms with Crippen molar-refractivity contribution in [1.82, 2.24) is 19.6 Å². The second kappa shape index (κ2) is 54.4. The minimum atomic E-state index is -0.530. The number of fused-ring (bicyclic) bond motifs is 2. The standard InChI is InChI=1S/C122H186N6O4S7/c1-21-29-37-45-49-57-65-87(61-53-41-33-25-5)83-125-109(97-73-71-92(134-97)91-69-70-93(133-91)95-76-80-103(137-95)119(13,14)121(17,18)123)105-107(115(125)131)111(127(113(105)129)85-89(63-55-43-35-27-7)67-59-51-47-39-31-23-3)99-77-81-102(138-99)118(11,12)117(9,10)101-79-75-96(136-101)94-72-74-98(135-94)110-106-108(116(132)126(110)84-88(62-54-42-34-26-6)66-58-50-46-38-30-22-2)112(100-78-82-104(139-100)120(15,16)122(19,20)124)128(114(106)130)86-90(64-56-44-36-28-8)68-60-52-48-40-32-24-4/h69-82,87-90H,21-68,83-86,123-124H2,1-20H3. The minimum Gasteiger partial charge on any atom is -0.325 e. The lowest BCUT2D eigenvalue weighted by atomic mass is 9.66. The molecular weight excluding hydrogens is 1840 g/mol. The Bertz CT molecular complexity index is 5130. The molecule has 4 atom stereocenters. The monoisotopic (exact) mass is 2020 g/mol. The highest BCUT2D eigenvalue weighted by Gasteiger charge is 2.54. The molecule has 0 aliphatic carbocycles. The maximum absolute atomic E-state index is 16.9. The normalized spacial score (nSPS) is 15.8. The molecule has 0 aromatic carbocycles. The third kappa shape index (κ3) is 28.8. The van der Waals surface area contributed by atoms with Crippen molar-refractivity contribution in [3.8, 4) is 29.3 Å². The predicted molar refractivity (Wildman–Crippen MR) is 611 cm³/mol. The molecule has 7 aromatic rings. The SMILES string of the molecule is CCCCCCCCC(CCCCCC)CN1C(=O)C2=C(c3ccc(C(C)(C)C(C)(C)c4ccc(-c5ccc(C6=C7C(=O)N(CC(CCCCCC)CCCCCCCC)C(c8ccc(C(C)(C)C(C)(C)N)s8)=C7C(=O)N6CC(CCCCCC)CCCCCCCC)s5)s4)s3)N(CC(CCCCCC)CCCCCCCC)C(=O)C2=C1c1ccc(-c2ccc(-c3ccc(C(C)(C)C(C)(C)N)s3)s2)s1. The van der Waals surface area contributed by atoms with E-state index < -0.39 is 21.9 Å². The molecule has 17 heteroatoms. The van der Waals surface area contributed by atoms with E-state index in [-0.39, 0.29) is 40.4 Å². The van der Waals surface area contributed by atoms with Gasteiger partial charge in [-0.2, -0.15) is 0 Å². The number of amides is 4. The first-order chi connectivity index (χ1) is 66.7. The van der Waals surface area contributed by atoms with Crippen molar-refractivity contribution in [2.45, 2.75) is 479 Å². The summed E-state index contributed by atoms with van der Waals surface area (Å²) in [6.45, 7) is 47.9. The van der Waals surface area contributed by atoms with E-state index in [1.54, 1.807) is 45.3 Å². The van der Waals surface area contributed by atoms with Crippen LogP contribution in [-0.4, -0.2) is 80.5 Å². The molecule has 0 spiro atoms. The number of nitrogens with two attached hydrogens (primary N) is 2. The molecule has 770 valence electrons. The van der Waals surface area contributed by atoms with Crippen LogP contribution in [0, 0.1) is 23.7 Å². The van der Waals surface area contributed by atoms with E-state index in [0.29, 0.717) is 66.2 Å². The summed E-state index contributed by atoms with van der Waals surface area (Å²) in [7, 11) is 0. The second-order valence-electron chi connectivity index (χ2n) is 45.7. The van der Waals surface area contributed by atoms with Gasteiger partial charge in [0.25, 0.3) is 23.6 Å². The number of carbonyl (C=O) groups is 4. The van der Waals surface area contributed by atoms with Crippen LogP contribution in [0.25, 0.3) is 52.1 Å². The maximum atomic E-state index is 16.9. The van der Waals surface area contributed by atoms with Gasteiger partial charge in [-0.1, -0.05) is 368 Å². The van der Waals surface area contributed by atoms with Crippen LogP contribution >= 0.6 is 79.4 Å². The Labute approximate surface area is 873 Å². The summed E-state index contributed by atoms with van der Waals surface area (Å²) >= 11 is 12.5. The zero-order chi connectivity index (χ0) is 100. The van der Waals surface area contributed by atoms with Crippen LogP contribution < -0.4 is 11.5 Å². The van der Waals surface area contributed by atoms with E-state index in [4.69, 9.17) is 11.5 Å². The fraction of sp³-hybridized carbons (Fsp3) is 0.672. The summed E-state index contributed by atoms with van der Waals surface area (Å²) in [6, 6.07) is 31.9. The highest BCUT2D eigenvalue weighted by atomic mass is 32.1. The summed E-state index contributed by atoms with van der Waals surface area (Å²) in [5.74, 6) is 1.11. The zero-order valence-electron chi connectivity index (χ0n) is 90.6. The largest absolute Gasteiger partial charge is 0.325 e. The Kier molecular flexibility index (Phi) is 44.6. The van der Waals surface area contributed by atoms with Gasteiger partial charge in [0.05, 0.1) is 64.6 Å². The van der Waals surface area contributed by atoms with Crippen molar-refractivity contribution in [3.63, 3.8) is 0 Å². The summed E-state index contributed by atoms with van der Waals surface area (Å²) < 4.78 is 0. The molecule has 4 aliphatic heterocycles. The highest BCUT2D eigenvalue weighted by Crippen LogP contribution is 2.58. The smallest absolute Gasteiger partial charge is 0.261 e. The number of hydrogen-bond donors (Lipinski definition) is 2. The number of unbranched alkanes of at least 4 members (excludes halogenated alkanes) is 32. The minimum absolute atomic E-state index is 0.0106. The van der Waals surface area contributed by atoms with Gasteiger partial charge in [0.1, 0.15) is 0 Å². The van der Waals surface area contributed by atoms with Gasteiger partial charge in [-0.15, -0.1) is 79.4 Å². The van der Waals surface area contributed by atoms with Crippen molar-refractivity contribution in [3.05, 3.63) is 146 Å². The van der Waals surface area contributed by atoms with Crippen LogP contribution in [0.4, 0.5) is 0 Å². The first-order valence-corrected chi connectivity index (χ1v) is 62.0. The Morgan fingerprint density at radius 3 is 0.576 bits per heavy atom. The van der Waals surface area contributed by atoms with E-state index in [1.165, 1.54) is 240 Å². The molecule has 7 aromatic heterocycles. The molecule has 4 aliphatic rings. The van der Waals surface area contributed by atoms with Gasteiger partial charge < -0.3 is 31.1 Å². The summed E-state index contributed by atoms with van der Waals surface area (Å²) in [6.07, 6.45) is 56.7. The van der Waals surface area contributed by atoms with Gasteiger partial charge in [-0.25, -0.2) is 0 Å². The average Bonchev–Trinajstić information content (AvgIpc) is 1.55. The fourth-order valence-electron chi connectivity index (χ4n) is 21.4. The molecule has 0 saturated carbocycles. The van der Waals surface area contributed by atoms with Gasteiger partial charge in [-0.05, 0) is 188 Å². The third-order valence-corrected chi connectivity index (χ3v) is 42.5. The lowest BCUT2D eigenvalue weighted by Gasteiger charge is -2.40. The Hall–Kier alpha value is -5.34. The quantitative estimate of drug-likeness (QED) is 0.0365. The van der Waals surface area contributed by atoms with E-state index >= 15 is 19.2 Å². The number of hydrogen-bond acceptors (Lipinski definition) is 13. The van der Waals surface area contributed by atoms with Gasteiger partial charge >= 0.3 is 0 Å². The van der Waals surface area contributed by atoms with Crippen molar-refractivity contribution >= 4 is 126 Å². The molecule has 0 radical (unpaired) electrons. The summed E-state index contributed by atoms with van der Waals surface area (Å²) in [5, 5.41) is 0.